The van der Waals surface area contributed by atoms with Crippen LogP contribution in [-0.2, 0) is 19.1 Å². The lowest BCUT2D eigenvalue weighted by atomic mass is 10.2. The van der Waals surface area contributed by atoms with E-state index in [2.05, 4.69) is 28.3 Å². The normalized spacial score (nSPS) is 10.9. The highest BCUT2D eigenvalue weighted by Gasteiger charge is 2.20. The summed E-state index contributed by atoms with van der Waals surface area (Å²) in [7, 11) is 0. The molecular formula is C45H44N4O10S. The van der Waals surface area contributed by atoms with E-state index in [0.717, 1.165) is 74.9 Å². The average Bonchev–Trinajstić information content (AvgIpc) is 3.71. The highest BCUT2D eigenvalue weighted by molar-refractivity contribution is 7.22. The first-order valence-corrected chi connectivity index (χ1v) is 19.9. The molecule has 0 aliphatic carbocycles. The predicted octanol–water partition coefficient (Wildman–Crippen LogP) is 9.32. The SMILES string of the molecule is [C-]#[N+]/C(C#N)=C\C=C\Nc1nc2c(OC(=O)c3ccc(OCCCCCCOC(=O)C=C)cc3)ccc(OC(=O)c3ccc(OCCCCCCOC(=O)C=C)cc3)c2s1. The van der Waals surface area contributed by atoms with E-state index >= 15 is 0 Å². The molecule has 1 heterocycles. The van der Waals surface area contributed by atoms with Crippen LogP contribution in [0.3, 0.4) is 0 Å². The van der Waals surface area contributed by atoms with Crippen molar-refractivity contribution < 1.29 is 47.6 Å². The molecule has 1 aromatic heterocycles. The molecule has 14 nitrogen and oxygen atoms in total. The monoisotopic (exact) mass is 832 g/mol. The van der Waals surface area contributed by atoms with Gasteiger partial charge in [-0.1, -0.05) is 30.6 Å². The third-order valence-corrected chi connectivity index (χ3v) is 9.29. The van der Waals surface area contributed by atoms with Crippen LogP contribution in [0, 0.1) is 17.9 Å². The molecule has 0 bridgehead atoms. The number of rotatable bonds is 25. The molecule has 0 unspecified atom stereocenters. The summed E-state index contributed by atoms with van der Waals surface area (Å²) in [6, 6.07) is 17.9. The number of nitrogens with zero attached hydrogens (tertiary/aromatic N) is 3. The van der Waals surface area contributed by atoms with Crippen LogP contribution in [0.2, 0.25) is 0 Å². The van der Waals surface area contributed by atoms with Gasteiger partial charge in [0.15, 0.2) is 16.6 Å². The van der Waals surface area contributed by atoms with Crippen molar-refractivity contribution in [3.63, 3.8) is 0 Å². The van der Waals surface area contributed by atoms with E-state index in [1.54, 1.807) is 54.6 Å². The number of hydrogen-bond acceptors (Lipinski definition) is 14. The Morgan fingerprint density at radius 1 is 0.717 bits per heavy atom. The number of hydrogen-bond donors (Lipinski definition) is 1. The number of benzene rings is 3. The molecule has 0 atom stereocenters. The first-order chi connectivity index (χ1) is 29.2. The number of esters is 4. The Morgan fingerprint density at radius 3 is 1.68 bits per heavy atom. The maximum Gasteiger partial charge on any atom is 0.343 e. The summed E-state index contributed by atoms with van der Waals surface area (Å²) in [6.45, 7) is 15.4. The minimum Gasteiger partial charge on any atom is -0.494 e. The molecule has 0 spiro atoms. The molecule has 0 amide bonds. The smallest absolute Gasteiger partial charge is 0.343 e. The van der Waals surface area contributed by atoms with Crippen molar-refractivity contribution in [2.45, 2.75) is 51.4 Å². The van der Waals surface area contributed by atoms with Crippen LogP contribution in [0.15, 0.2) is 110 Å². The van der Waals surface area contributed by atoms with Gasteiger partial charge in [0.05, 0.1) is 50.2 Å². The molecule has 0 saturated heterocycles. The minimum atomic E-state index is -0.644. The summed E-state index contributed by atoms with van der Waals surface area (Å²) < 4.78 is 33.6. The van der Waals surface area contributed by atoms with Crippen LogP contribution in [0.1, 0.15) is 72.1 Å². The lowest BCUT2D eigenvalue weighted by molar-refractivity contribution is -0.138. The number of fused-ring (bicyclic) bond motifs is 1. The highest BCUT2D eigenvalue weighted by atomic mass is 32.1. The summed E-state index contributed by atoms with van der Waals surface area (Å²) in [6.07, 6.45) is 13.3. The van der Waals surface area contributed by atoms with Crippen molar-refractivity contribution in [2.24, 2.45) is 0 Å². The predicted molar refractivity (Wildman–Crippen MR) is 226 cm³/mol. The summed E-state index contributed by atoms with van der Waals surface area (Å²) in [4.78, 5) is 56.5. The third-order valence-electron chi connectivity index (χ3n) is 8.28. The largest absolute Gasteiger partial charge is 0.494 e. The first kappa shape index (κ1) is 45.5. The Bertz CT molecular complexity index is 2100. The second-order valence-corrected chi connectivity index (χ2v) is 13.6. The molecule has 0 saturated carbocycles. The standard InChI is InChI=1S/C45H44N4O10S/c1-4-39(50)56-29-12-8-6-10-27-54-35-20-16-32(17-21-35)43(52)58-37-24-25-38(42-41(37)49-45(60-42)48-26-14-15-34(31-46)47-3)59-44(53)33-18-22-36(23-19-33)55-28-11-7-9-13-30-57-40(51)5-2/h4-5,14-26H,1-2,6-13,27-30H2,(H,48,49)/b26-14+,34-15-. The van der Waals surface area contributed by atoms with E-state index in [-0.39, 0.29) is 33.8 Å². The van der Waals surface area contributed by atoms with Gasteiger partial charge in [-0.15, -0.1) is 0 Å². The number of anilines is 1. The highest BCUT2D eigenvalue weighted by Crippen LogP contribution is 2.40. The van der Waals surface area contributed by atoms with Gasteiger partial charge in [0.1, 0.15) is 21.7 Å². The number of carbonyl (C=O) groups is 4. The molecule has 3 aromatic carbocycles. The molecule has 60 heavy (non-hydrogen) atoms. The van der Waals surface area contributed by atoms with Crippen LogP contribution in [0.5, 0.6) is 23.0 Å². The quantitative estimate of drug-likeness (QED) is 0.0127. The van der Waals surface area contributed by atoms with E-state index in [1.165, 1.54) is 30.5 Å². The Balaban J connectivity index is 1.37. The van der Waals surface area contributed by atoms with Crippen molar-refractivity contribution in [1.82, 2.24) is 4.98 Å². The maximum absolute atomic E-state index is 13.3. The van der Waals surface area contributed by atoms with E-state index in [0.29, 0.717) is 47.8 Å². The number of thiazole rings is 1. The second kappa shape index (κ2) is 25.2. The van der Waals surface area contributed by atoms with Crippen LogP contribution in [-0.4, -0.2) is 55.3 Å². The Labute approximate surface area is 352 Å². The summed E-state index contributed by atoms with van der Waals surface area (Å²) >= 11 is 1.14. The fourth-order valence-electron chi connectivity index (χ4n) is 5.19. The third kappa shape index (κ3) is 15.3. The summed E-state index contributed by atoms with van der Waals surface area (Å²) in [5.74, 6) is -0.639. The maximum atomic E-state index is 13.3. The molecule has 4 aromatic rings. The number of nitriles is 1. The molecule has 310 valence electrons. The Morgan fingerprint density at radius 2 is 1.20 bits per heavy atom. The van der Waals surface area contributed by atoms with Crippen molar-refractivity contribution in [2.75, 3.05) is 31.7 Å². The van der Waals surface area contributed by atoms with Crippen LogP contribution in [0.4, 0.5) is 5.13 Å². The van der Waals surface area contributed by atoms with Gasteiger partial charge in [-0.2, -0.15) is 0 Å². The minimum absolute atomic E-state index is 0.102. The van der Waals surface area contributed by atoms with Crippen LogP contribution >= 0.6 is 11.3 Å². The molecule has 15 heteroatoms. The zero-order valence-corrected chi connectivity index (χ0v) is 33.7. The van der Waals surface area contributed by atoms with Gasteiger partial charge in [0.25, 0.3) is 5.70 Å². The molecule has 4 rings (SSSR count). The molecular weight excluding hydrogens is 789 g/mol. The first-order valence-electron chi connectivity index (χ1n) is 19.1. The zero-order valence-electron chi connectivity index (χ0n) is 32.9. The molecule has 0 radical (unpaired) electrons. The lowest BCUT2D eigenvalue weighted by Gasteiger charge is -2.10. The Kier molecular flexibility index (Phi) is 19.1. The van der Waals surface area contributed by atoms with Crippen molar-refractivity contribution in [3.8, 4) is 29.1 Å². The van der Waals surface area contributed by atoms with Crippen LogP contribution < -0.4 is 24.3 Å². The Hall–Kier alpha value is -7.23. The topological polar surface area (TPSA) is 177 Å². The molecule has 1 N–H and O–H groups in total. The second-order valence-electron chi connectivity index (χ2n) is 12.6. The van der Waals surface area contributed by atoms with Gasteiger partial charge >= 0.3 is 23.9 Å². The number of ether oxygens (including phenoxy) is 6. The number of unbranched alkanes of at least 4 members (excludes halogenated alkanes) is 6. The van der Waals surface area contributed by atoms with Gasteiger partial charge in [-0.25, -0.2) is 34.3 Å². The molecule has 0 aliphatic rings. The van der Waals surface area contributed by atoms with Gasteiger partial charge in [-0.05, 0) is 118 Å². The van der Waals surface area contributed by atoms with E-state index in [9.17, 15) is 19.2 Å². The number of allylic oxidation sites excluding steroid dienone is 3. The van der Waals surface area contributed by atoms with E-state index in [4.69, 9.17) is 40.3 Å². The number of nitrogens with one attached hydrogen (secondary N) is 1. The summed E-state index contributed by atoms with van der Waals surface area (Å²) in [5.41, 5.74) is 0.702. The zero-order chi connectivity index (χ0) is 43.0. The van der Waals surface area contributed by atoms with Crippen molar-refractivity contribution in [1.29, 1.82) is 5.26 Å². The van der Waals surface area contributed by atoms with Gasteiger partial charge in [0, 0.05) is 18.4 Å². The van der Waals surface area contributed by atoms with Gasteiger partial charge in [-0.3, -0.25) is 0 Å². The summed E-state index contributed by atoms with van der Waals surface area (Å²) in [5, 5.41) is 12.3. The number of aromatic nitrogens is 1. The van der Waals surface area contributed by atoms with E-state index < -0.39 is 23.9 Å². The number of carbonyl (C=O) groups excluding carboxylic acids is 4. The fraction of sp³-hybridized carbons (Fsp3) is 0.267. The van der Waals surface area contributed by atoms with Crippen molar-refractivity contribution >= 4 is 50.6 Å². The van der Waals surface area contributed by atoms with Crippen molar-refractivity contribution in [3.05, 3.63) is 133 Å². The molecule has 0 aliphatic heterocycles. The van der Waals surface area contributed by atoms with Crippen LogP contribution in [0.25, 0.3) is 15.1 Å². The molecule has 0 fully saturated rings. The average molecular weight is 833 g/mol. The van der Waals surface area contributed by atoms with Gasteiger partial charge < -0.3 is 33.7 Å². The van der Waals surface area contributed by atoms with Gasteiger partial charge in [0.2, 0.25) is 0 Å². The lowest BCUT2D eigenvalue weighted by Crippen LogP contribution is -2.10. The van der Waals surface area contributed by atoms with E-state index in [1.807, 2.05) is 0 Å². The fourth-order valence-corrected chi connectivity index (χ4v) is 6.10.